The number of nitrogens with zero attached hydrogens (tertiary/aromatic N) is 1. The van der Waals surface area contributed by atoms with Gasteiger partial charge in [0.1, 0.15) is 0 Å². The van der Waals surface area contributed by atoms with Crippen molar-refractivity contribution >= 4 is 33.3 Å². The molecule has 0 saturated carbocycles. The lowest BCUT2D eigenvalue weighted by Gasteiger charge is -2.26. The van der Waals surface area contributed by atoms with E-state index in [4.69, 9.17) is 0 Å². The lowest BCUT2D eigenvalue weighted by molar-refractivity contribution is 0.102. The van der Waals surface area contributed by atoms with Crippen LogP contribution in [0.15, 0.2) is 53.4 Å². The summed E-state index contributed by atoms with van der Waals surface area (Å²) in [5.74, 6) is -0.506. The molecule has 1 fully saturated rings. The van der Waals surface area contributed by atoms with Crippen molar-refractivity contribution in [3.8, 4) is 0 Å². The molecule has 0 unspecified atom stereocenters. The highest BCUT2D eigenvalue weighted by Crippen LogP contribution is 2.24. The molecule has 0 radical (unpaired) electrons. The zero-order valence-corrected chi connectivity index (χ0v) is 17.0. The van der Waals surface area contributed by atoms with E-state index in [1.54, 1.807) is 36.4 Å². The Morgan fingerprint density at radius 2 is 1.45 bits per heavy atom. The molecule has 29 heavy (non-hydrogen) atoms. The second-order valence-corrected chi connectivity index (χ2v) is 8.60. The molecule has 8 nitrogen and oxygen atoms in total. The van der Waals surface area contributed by atoms with Gasteiger partial charge in [-0.05, 0) is 49.2 Å². The first-order valence-corrected chi connectivity index (χ1v) is 10.8. The number of hydrogen-bond donors (Lipinski definition) is 3. The molecule has 154 valence electrons. The monoisotopic (exact) mass is 416 g/mol. The SMILES string of the molecule is CNC(=O)Nc1ccc(NC(=O)c2ccccc2S(=O)(=O)N2CCCCC2)cc1. The van der Waals surface area contributed by atoms with E-state index >= 15 is 0 Å². The molecule has 0 bridgehead atoms. The molecule has 0 aliphatic carbocycles. The van der Waals surface area contributed by atoms with Crippen molar-refractivity contribution in [2.24, 2.45) is 0 Å². The number of hydrogen-bond acceptors (Lipinski definition) is 4. The standard InChI is InChI=1S/C20H24N4O4S/c1-21-20(26)23-16-11-9-15(10-12-16)22-19(25)17-7-3-4-8-18(17)29(27,28)24-13-5-2-6-14-24/h3-4,7-12H,2,5-6,13-14H2,1H3,(H,22,25)(H2,21,23,26). The second-order valence-electron chi connectivity index (χ2n) is 6.70. The van der Waals surface area contributed by atoms with Gasteiger partial charge in [0.2, 0.25) is 10.0 Å². The summed E-state index contributed by atoms with van der Waals surface area (Å²) in [5.41, 5.74) is 1.16. The van der Waals surface area contributed by atoms with Crippen LogP contribution in [0.25, 0.3) is 0 Å². The first kappa shape index (κ1) is 20.8. The molecule has 2 aromatic rings. The summed E-state index contributed by atoms with van der Waals surface area (Å²) in [5, 5.41) is 7.79. The van der Waals surface area contributed by atoms with Gasteiger partial charge in [0, 0.05) is 31.5 Å². The van der Waals surface area contributed by atoms with Gasteiger partial charge >= 0.3 is 6.03 Å². The third-order valence-corrected chi connectivity index (χ3v) is 6.65. The van der Waals surface area contributed by atoms with Gasteiger partial charge < -0.3 is 16.0 Å². The molecule has 1 heterocycles. The number of anilines is 2. The van der Waals surface area contributed by atoms with E-state index < -0.39 is 15.9 Å². The summed E-state index contributed by atoms with van der Waals surface area (Å²) in [6.07, 6.45) is 2.66. The smallest absolute Gasteiger partial charge is 0.318 e. The molecular formula is C20H24N4O4S. The summed E-state index contributed by atoms with van der Waals surface area (Å²) in [7, 11) is -2.22. The third-order valence-electron chi connectivity index (χ3n) is 4.69. The quantitative estimate of drug-likeness (QED) is 0.696. The lowest BCUT2D eigenvalue weighted by Crippen LogP contribution is -2.36. The topological polar surface area (TPSA) is 108 Å². The molecule has 0 spiro atoms. The predicted molar refractivity (Wildman–Crippen MR) is 112 cm³/mol. The highest BCUT2D eigenvalue weighted by atomic mass is 32.2. The third kappa shape index (κ3) is 4.93. The summed E-state index contributed by atoms with van der Waals surface area (Å²) in [4.78, 5) is 24.1. The van der Waals surface area contributed by atoms with Crippen molar-refractivity contribution < 1.29 is 18.0 Å². The summed E-state index contributed by atoms with van der Waals surface area (Å²) in [6.45, 7) is 0.941. The van der Waals surface area contributed by atoms with Gasteiger partial charge in [0.25, 0.3) is 5.91 Å². The van der Waals surface area contributed by atoms with Crippen LogP contribution in [-0.4, -0.2) is 44.8 Å². The van der Waals surface area contributed by atoms with Crippen molar-refractivity contribution in [3.05, 3.63) is 54.1 Å². The van der Waals surface area contributed by atoms with Crippen LogP contribution in [0.2, 0.25) is 0 Å². The fourth-order valence-electron chi connectivity index (χ4n) is 3.15. The van der Waals surface area contributed by atoms with E-state index in [9.17, 15) is 18.0 Å². The Balaban J connectivity index is 1.79. The van der Waals surface area contributed by atoms with E-state index in [0.29, 0.717) is 24.5 Å². The normalized spacial score (nSPS) is 14.8. The number of sulfonamides is 1. The van der Waals surface area contributed by atoms with Crippen molar-refractivity contribution in [1.82, 2.24) is 9.62 Å². The molecule has 3 rings (SSSR count). The number of carbonyl (C=O) groups is 2. The number of urea groups is 1. The van der Waals surface area contributed by atoms with Gasteiger partial charge in [-0.2, -0.15) is 4.31 Å². The van der Waals surface area contributed by atoms with Gasteiger partial charge in [-0.3, -0.25) is 4.79 Å². The molecule has 2 aromatic carbocycles. The number of piperidine rings is 1. The Labute approximate surface area is 170 Å². The minimum atomic E-state index is -3.74. The number of carbonyl (C=O) groups excluding carboxylic acids is 2. The van der Waals surface area contributed by atoms with Gasteiger partial charge in [-0.25, -0.2) is 13.2 Å². The van der Waals surface area contributed by atoms with Crippen LogP contribution < -0.4 is 16.0 Å². The van der Waals surface area contributed by atoms with Crippen molar-refractivity contribution in [2.75, 3.05) is 30.8 Å². The van der Waals surface area contributed by atoms with E-state index in [1.807, 2.05) is 0 Å². The first-order chi connectivity index (χ1) is 13.9. The lowest BCUT2D eigenvalue weighted by atomic mass is 10.2. The molecule has 3 amide bonds. The fraction of sp³-hybridized carbons (Fsp3) is 0.300. The Bertz CT molecular complexity index is 984. The minimum Gasteiger partial charge on any atom is -0.341 e. The van der Waals surface area contributed by atoms with Gasteiger partial charge in [0.05, 0.1) is 10.5 Å². The van der Waals surface area contributed by atoms with Crippen LogP contribution in [-0.2, 0) is 10.0 Å². The Morgan fingerprint density at radius 1 is 0.862 bits per heavy atom. The van der Waals surface area contributed by atoms with Crippen LogP contribution in [0.5, 0.6) is 0 Å². The van der Waals surface area contributed by atoms with E-state index in [2.05, 4.69) is 16.0 Å². The van der Waals surface area contributed by atoms with Gasteiger partial charge in [-0.15, -0.1) is 0 Å². The van der Waals surface area contributed by atoms with Crippen molar-refractivity contribution in [1.29, 1.82) is 0 Å². The zero-order chi connectivity index (χ0) is 20.9. The second kappa shape index (κ2) is 9.06. The Morgan fingerprint density at radius 3 is 2.07 bits per heavy atom. The first-order valence-electron chi connectivity index (χ1n) is 9.41. The largest absolute Gasteiger partial charge is 0.341 e. The van der Waals surface area contributed by atoms with Crippen LogP contribution in [0.3, 0.4) is 0 Å². The number of nitrogens with one attached hydrogen (secondary N) is 3. The average Bonchev–Trinajstić information content (AvgIpc) is 2.75. The fourth-order valence-corrected chi connectivity index (χ4v) is 4.86. The van der Waals surface area contributed by atoms with Gasteiger partial charge in [-0.1, -0.05) is 18.6 Å². The molecule has 0 aromatic heterocycles. The molecule has 9 heteroatoms. The van der Waals surface area contributed by atoms with Crippen molar-refractivity contribution in [2.45, 2.75) is 24.2 Å². The molecule has 1 aliphatic rings. The number of amides is 3. The maximum absolute atomic E-state index is 13.0. The van der Waals surface area contributed by atoms with Crippen LogP contribution >= 0.6 is 0 Å². The summed E-state index contributed by atoms with van der Waals surface area (Å²) in [6, 6.07) is 12.4. The van der Waals surface area contributed by atoms with E-state index in [-0.39, 0.29) is 16.5 Å². The minimum absolute atomic E-state index is 0.0114. The Hall–Kier alpha value is -2.91. The van der Waals surface area contributed by atoms with Crippen LogP contribution in [0, 0.1) is 0 Å². The molecule has 1 aliphatic heterocycles. The zero-order valence-electron chi connectivity index (χ0n) is 16.1. The van der Waals surface area contributed by atoms with Crippen molar-refractivity contribution in [3.63, 3.8) is 0 Å². The predicted octanol–water partition coefficient (Wildman–Crippen LogP) is 2.86. The van der Waals surface area contributed by atoms with E-state index in [0.717, 1.165) is 19.3 Å². The maximum atomic E-state index is 13.0. The highest BCUT2D eigenvalue weighted by molar-refractivity contribution is 7.89. The van der Waals surface area contributed by atoms with Crippen LogP contribution in [0.1, 0.15) is 29.6 Å². The molecule has 3 N–H and O–H groups in total. The molecular weight excluding hydrogens is 392 g/mol. The Kier molecular flexibility index (Phi) is 6.50. The van der Waals surface area contributed by atoms with E-state index in [1.165, 1.54) is 23.5 Å². The van der Waals surface area contributed by atoms with Crippen LogP contribution in [0.4, 0.5) is 16.2 Å². The summed E-state index contributed by atoms with van der Waals surface area (Å²) >= 11 is 0. The molecule has 1 saturated heterocycles. The number of benzene rings is 2. The average molecular weight is 417 g/mol. The maximum Gasteiger partial charge on any atom is 0.318 e. The number of rotatable bonds is 5. The molecule has 0 atom stereocenters. The van der Waals surface area contributed by atoms with Gasteiger partial charge in [0.15, 0.2) is 0 Å². The summed E-state index contributed by atoms with van der Waals surface area (Å²) < 4.78 is 27.5. The highest BCUT2D eigenvalue weighted by Gasteiger charge is 2.29.